The van der Waals surface area contributed by atoms with Gasteiger partial charge in [-0.1, -0.05) is 37.6 Å². The van der Waals surface area contributed by atoms with Crippen molar-refractivity contribution in [3.05, 3.63) is 45.9 Å². The van der Waals surface area contributed by atoms with Crippen LogP contribution in [-0.2, 0) is 24.3 Å². The van der Waals surface area contributed by atoms with E-state index in [1.807, 2.05) is 24.3 Å². The van der Waals surface area contributed by atoms with Gasteiger partial charge in [-0.05, 0) is 44.0 Å². The second kappa shape index (κ2) is 12.2. The third-order valence-electron chi connectivity index (χ3n) is 6.83. The highest BCUT2D eigenvalue weighted by molar-refractivity contribution is 5.81. The minimum absolute atomic E-state index is 0.0240. The molecule has 3 heterocycles. The third kappa shape index (κ3) is 6.86. The van der Waals surface area contributed by atoms with Crippen molar-refractivity contribution in [2.45, 2.75) is 58.2 Å². The molecule has 4 N–H and O–H groups in total. The predicted octanol–water partition coefficient (Wildman–Crippen LogP) is 2.10. The van der Waals surface area contributed by atoms with Crippen LogP contribution >= 0.6 is 0 Å². The Bertz CT molecular complexity index is 1250. The molecule has 4 rings (SSSR count). The van der Waals surface area contributed by atoms with Gasteiger partial charge in [0.1, 0.15) is 5.52 Å². The number of benzene rings is 1. The zero-order chi connectivity index (χ0) is 26.4. The minimum Gasteiger partial charge on any atom is -0.481 e. The summed E-state index contributed by atoms with van der Waals surface area (Å²) in [6.07, 6.45) is 3.74. The molecule has 11 nitrogen and oxygen atoms in total. The fraction of sp³-hybridized carbons (Fsp3) is 0.538. The number of nitrogens with zero attached hydrogens (tertiary/aromatic N) is 5. The molecule has 0 amide bonds. The van der Waals surface area contributed by atoms with Crippen LogP contribution in [0.3, 0.4) is 0 Å². The van der Waals surface area contributed by atoms with Crippen molar-refractivity contribution in [3.63, 3.8) is 0 Å². The molecule has 3 aromatic rings. The smallest absolute Gasteiger partial charge is 0.327 e. The van der Waals surface area contributed by atoms with Crippen LogP contribution in [0.4, 0.5) is 5.82 Å². The molecule has 0 saturated carbocycles. The quantitative estimate of drug-likeness (QED) is 0.294. The van der Waals surface area contributed by atoms with Gasteiger partial charge in [0.05, 0.1) is 13.0 Å². The van der Waals surface area contributed by atoms with Crippen molar-refractivity contribution in [1.29, 1.82) is 0 Å². The summed E-state index contributed by atoms with van der Waals surface area (Å²) in [7, 11) is 2.13. The molecule has 2 aromatic heterocycles. The molecule has 0 spiro atoms. The SMILES string of the molecule is CCCCOc1nc(N)c2[nH]c(=O)n(CCCN(Cc3ccc(CC(=O)O)cc3)[C@@H]3CCN(C)C3)c2n1. The number of imidazole rings is 1. The first-order valence-electron chi connectivity index (χ1n) is 12.9. The Morgan fingerprint density at radius 1 is 1.24 bits per heavy atom. The first-order valence-corrected chi connectivity index (χ1v) is 12.9. The highest BCUT2D eigenvalue weighted by atomic mass is 16.5. The van der Waals surface area contributed by atoms with E-state index in [2.05, 4.69) is 38.7 Å². The summed E-state index contributed by atoms with van der Waals surface area (Å²) in [5.74, 6) is -0.628. The summed E-state index contributed by atoms with van der Waals surface area (Å²) in [4.78, 5) is 39.9. The molecule has 1 aliphatic rings. The number of rotatable bonds is 13. The number of likely N-dealkylation sites (N-methyl/N-ethyl adjacent to an activating group) is 1. The van der Waals surface area contributed by atoms with Crippen molar-refractivity contribution in [2.75, 3.05) is 39.0 Å². The second-order valence-electron chi connectivity index (χ2n) is 9.79. The number of hydrogen-bond acceptors (Lipinski definition) is 8. The van der Waals surface area contributed by atoms with Gasteiger partial charge in [-0.25, -0.2) is 4.79 Å². The third-order valence-corrected chi connectivity index (χ3v) is 6.83. The summed E-state index contributed by atoms with van der Waals surface area (Å²) in [5, 5.41) is 9.03. The molecule has 0 aliphatic carbocycles. The molecular weight excluding hydrogens is 474 g/mol. The number of likely N-dealkylation sites (tertiary alicyclic amines) is 1. The van der Waals surface area contributed by atoms with Gasteiger partial charge in [-0.2, -0.15) is 9.97 Å². The Hall–Kier alpha value is -3.44. The number of nitrogens with one attached hydrogen (secondary N) is 1. The monoisotopic (exact) mass is 511 g/mol. The number of aliphatic carboxylic acids is 1. The molecule has 0 bridgehead atoms. The fourth-order valence-corrected chi connectivity index (χ4v) is 4.81. The Morgan fingerprint density at radius 2 is 2.00 bits per heavy atom. The molecule has 37 heavy (non-hydrogen) atoms. The van der Waals surface area contributed by atoms with Crippen molar-refractivity contribution in [2.24, 2.45) is 0 Å². The van der Waals surface area contributed by atoms with E-state index in [-0.39, 0.29) is 23.9 Å². The summed E-state index contributed by atoms with van der Waals surface area (Å²) in [5.41, 5.74) is 8.65. The van der Waals surface area contributed by atoms with E-state index in [1.165, 1.54) is 0 Å². The number of nitrogens with two attached hydrogens (primary N) is 1. The van der Waals surface area contributed by atoms with Gasteiger partial charge in [0.2, 0.25) is 0 Å². The van der Waals surface area contributed by atoms with Crippen LogP contribution in [0.25, 0.3) is 11.2 Å². The van der Waals surface area contributed by atoms with E-state index in [1.54, 1.807) is 4.57 Å². The molecule has 0 radical (unpaired) electrons. The second-order valence-corrected chi connectivity index (χ2v) is 9.79. The highest BCUT2D eigenvalue weighted by Gasteiger charge is 2.26. The van der Waals surface area contributed by atoms with Gasteiger partial charge in [0, 0.05) is 32.2 Å². The average molecular weight is 512 g/mol. The van der Waals surface area contributed by atoms with Crippen LogP contribution in [-0.4, -0.2) is 79.7 Å². The number of anilines is 1. The minimum atomic E-state index is -0.831. The lowest BCUT2D eigenvalue weighted by molar-refractivity contribution is -0.136. The van der Waals surface area contributed by atoms with E-state index in [0.29, 0.717) is 30.4 Å². The van der Waals surface area contributed by atoms with Crippen molar-refractivity contribution in [3.8, 4) is 6.01 Å². The topological polar surface area (TPSA) is 143 Å². The fourth-order valence-electron chi connectivity index (χ4n) is 4.81. The number of fused-ring (bicyclic) bond motifs is 1. The number of nitrogen functional groups attached to an aromatic ring is 1. The first-order chi connectivity index (χ1) is 17.8. The average Bonchev–Trinajstić information content (AvgIpc) is 3.43. The molecule has 11 heteroatoms. The van der Waals surface area contributed by atoms with Crippen LogP contribution in [0.2, 0.25) is 0 Å². The largest absolute Gasteiger partial charge is 0.481 e. The molecular formula is C26H37N7O4. The zero-order valence-electron chi connectivity index (χ0n) is 21.7. The molecule has 1 fully saturated rings. The number of aromatic nitrogens is 4. The normalized spacial score (nSPS) is 16.1. The standard InChI is InChI=1S/C26H37N7O4/c1-3-4-14-37-25-29-23(27)22-24(30-25)33(26(36)28-22)12-5-11-32(20-10-13-31(2)17-20)16-19-8-6-18(7-9-19)15-21(34)35/h6-9,20H,3-5,10-17H2,1-2H3,(H,28,36)(H,34,35)(H2,27,29,30)/t20-/m1/s1. The number of unbranched alkanes of at least 4 members (excludes halogenated alkanes) is 1. The van der Waals surface area contributed by atoms with Crippen LogP contribution < -0.4 is 16.2 Å². The van der Waals surface area contributed by atoms with Gasteiger partial charge < -0.3 is 25.5 Å². The van der Waals surface area contributed by atoms with Gasteiger partial charge in [0.25, 0.3) is 0 Å². The summed E-state index contributed by atoms with van der Waals surface area (Å²) in [6.45, 7) is 6.67. The molecule has 1 atom stereocenters. The van der Waals surface area contributed by atoms with Gasteiger partial charge >= 0.3 is 17.7 Å². The van der Waals surface area contributed by atoms with Crippen molar-refractivity contribution < 1.29 is 14.6 Å². The Kier molecular flexibility index (Phi) is 8.78. The molecule has 1 aliphatic heterocycles. The highest BCUT2D eigenvalue weighted by Crippen LogP contribution is 2.20. The maximum absolute atomic E-state index is 12.7. The number of aryl methyl sites for hydroxylation is 1. The van der Waals surface area contributed by atoms with Crippen LogP contribution in [0, 0.1) is 0 Å². The summed E-state index contributed by atoms with van der Waals surface area (Å²) < 4.78 is 7.25. The number of carbonyl (C=O) groups is 1. The number of carboxylic acids is 1. The lowest BCUT2D eigenvalue weighted by Crippen LogP contribution is -2.38. The maximum Gasteiger partial charge on any atom is 0.327 e. The van der Waals surface area contributed by atoms with E-state index < -0.39 is 5.97 Å². The number of carboxylic acid groups (broad SMARTS) is 1. The van der Waals surface area contributed by atoms with Gasteiger partial charge in [0.15, 0.2) is 11.5 Å². The molecule has 1 aromatic carbocycles. The van der Waals surface area contributed by atoms with Crippen LogP contribution in [0.1, 0.15) is 43.7 Å². The lowest BCUT2D eigenvalue weighted by atomic mass is 10.1. The number of aromatic amines is 1. The molecule has 1 saturated heterocycles. The van der Waals surface area contributed by atoms with Crippen LogP contribution in [0.5, 0.6) is 6.01 Å². The molecule has 200 valence electrons. The summed E-state index contributed by atoms with van der Waals surface area (Å²) >= 11 is 0. The van der Waals surface area contributed by atoms with E-state index in [9.17, 15) is 9.59 Å². The summed E-state index contributed by atoms with van der Waals surface area (Å²) in [6, 6.07) is 8.39. The van der Waals surface area contributed by atoms with Gasteiger partial charge in [-0.3, -0.25) is 14.3 Å². The maximum atomic E-state index is 12.7. The molecule has 0 unspecified atom stereocenters. The Balaban J connectivity index is 1.46. The number of ether oxygens (including phenoxy) is 1. The number of hydrogen-bond donors (Lipinski definition) is 3. The van der Waals surface area contributed by atoms with Crippen LogP contribution in [0.15, 0.2) is 29.1 Å². The number of H-pyrrole nitrogens is 1. The van der Waals surface area contributed by atoms with E-state index in [4.69, 9.17) is 15.6 Å². The lowest BCUT2D eigenvalue weighted by Gasteiger charge is -2.29. The predicted molar refractivity (Wildman–Crippen MR) is 142 cm³/mol. The first kappa shape index (κ1) is 26.6. The Morgan fingerprint density at radius 3 is 2.68 bits per heavy atom. The Labute approximate surface area is 216 Å². The zero-order valence-corrected chi connectivity index (χ0v) is 21.7. The van der Waals surface area contributed by atoms with E-state index in [0.717, 1.165) is 63.0 Å². The van der Waals surface area contributed by atoms with Crippen molar-refractivity contribution in [1.82, 2.24) is 29.3 Å². The van der Waals surface area contributed by atoms with Crippen molar-refractivity contribution >= 4 is 23.0 Å². The van der Waals surface area contributed by atoms with Gasteiger partial charge in [-0.15, -0.1) is 0 Å². The van der Waals surface area contributed by atoms with E-state index >= 15 is 0 Å².